The molecule has 1 heterocycles. The zero-order valence-electron chi connectivity index (χ0n) is 17.6. The maximum absolute atomic E-state index is 6.10. The van der Waals surface area contributed by atoms with E-state index in [0.717, 1.165) is 43.9 Å². The number of anilines is 2. The first-order chi connectivity index (χ1) is 13.6. The maximum Gasteiger partial charge on any atom is 0.193 e. The molecule has 0 saturated carbocycles. The third kappa shape index (κ3) is 6.52. The molecule has 1 saturated heterocycles. The summed E-state index contributed by atoms with van der Waals surface area (Å²) >= 11 is 0. The van der Waals surface area contributed by atoms with Gasteiger partial charge >= 0.3 is 0 Å². The van der Waals surface area contributed by atoms with Crippen molar-refractivity contribution < 1.29 is 4.74 Å². The Morgan fingerprint density at radius 2 is 2.03 bits per heavy atom. The molecule has 1 aliphatic heterocycles. The number of nitrogens with two attached hydrogens (primary N) is 1. The number of aliphatic imine (C=N–C) groups is 1. The number of nitrogens with one attached hydrogen (secondary N) is 1. The van der Waals surface area contributed by atoms with Crippen molar-refractivity contribution >= 4 is 41.3 Å². The Morgan fingerprint density at radius 1 is 1.28 bits per heavy atom. The Morgan fingerprint density at radius 3 is 2.72 bits per heavy atom. The Balaban J connectivity index is 0.00000300. The van der Waals surface area contributed by atoms with Crippen LogP contribution in [0.5, 0.6) is 5.75 Å². The van der Waals surface area contributed by atoms with Crippen molar-refractivity contribution in [1.82, 2.24) is 0 Å². The highest BCUT2D eigenvalue weighted by Gasteiger charge is 2.22. The summed E-state index contributed by atoms with van der Waals surface area (Å²) in [5, 5.41) is 3.21. The lowest BCUT2D eigenvalue weighted by atomic mass is 9.99. The molecule has 3 rings (SSSR count). The van der Waals surface area contributed by atoms with Gasteiger partial charge < -0.3 is 20.7 Å². The molecule has 0 radical (unpaired) electrons. The van der Waals surface area contributed by atoms with E-state index in [1.165, 1.54) is 11.3 Å². The van der Waals surface area contributed by atoms with Crippen LogP contribution in [0.3, 0.4) is 0 Å². The van der Waals surface area contributed by atoms with Gasteiger partial charge in [0.15, 0.2) is 5.96 Å². The van der Waals surface area contributed by atoms with Crippen LogP contribution in [0.15, 0.2) is 53.5 Å². The largest absolute Gasteiger partial charge is 0.497 e. The molecule has 2 atom stereocenters. The van der Waals surface area contributed by atoms with Gasteiger partial charge in [0.25, 0.3) is 0 Å². The van der Waals surface area contributed by atoms with Gasteiger partial charge in [-0.25, -0.2) is 0 Å². The number of benzene rings is 2. The second kappa shape index (κ2) is 11.3. The van der Waals surface area contributed by atoms with E-state index in [1.807, 2.05) is 12.1 Å². The van der Waals surface area contributed by atoms with Gasteiger partial charge in [-0.2, -0.15) is 0 Å². The number of hydrogen-bond donors (Lipinski definition) is 2. The van der Waals surface area contributed by atoms with Crippen LogP contribution in [0.1, 0.15) is 38.2 Å². The molecule has 2 aromatic rings. The summed E-state index contributed by atoms with van der Waals surface area (Å²) in [7, 11) is 1.70. The molecule has 0 aliphatic carbocycles. The molecule has 6 heteroatoms. The molecule has 29 heavy (non-hydrogen) atoms. The summed E-state index contributed by atoms with van der Waals surface area (Å²) < 4.78 is 5.33. The van der Waals surface area contributed by atoms with Crippen LogP contribution in [0.4, 0.5) is 11.4 Å². The highest BCUT2D eigenvalue weighted by Crippen LogP contribution is 2.27. The van der Waals surface area contributed by atoms with Crippen LogP contribution >= 0.6 is 24.0 Å². The molecular weight excluding hydrogens is 475 g/mol. The fraction of sp³-hybridized carbons (Fsp3) is 0.435. The third-order valence-electron chi connectivity index (χ3n) is 5.59. The monoisotopic (exact) mass is 508 g/mol. The molecule has 2 unspecified atom stereocenters. The van der Waals surface area contributed by atoms with Gasteiger partial charge in [0.05, 0.1) is 7.11 Å². The van der Waals surface area contributed by atoms with Crippen molar-refractivity contribution in [3.8, 4) is 5.75 Å². The van der Waals surface area contributed by atoms with Crippen LogP contribution in [-0.4, -0.2) is 32.7 Å². The number of methoxy groups -OCH3 is 1. The summed E-state index contributed by atoms with van der Waals surface area (Å²) in [4.78, 5) is 6.96. The Bertz CT molecular complexity index is 794. The van der Waals surface area contributed by atoms with E-state index in [4.69, 9.17) is 10.5 Å². The van der Waals surface area contributed by atoms with Crippen LogP contribution in [0.25, 0.3) is 0 Å². The fourth-order valence-corrected chi connectivity index (χ4v) is 3.57. The lowest BCUT2D eigenvalue weighted by Crippen LogP contribution is -2.25. The van der Waals surface area contributed by atoms with Gasteiger partial charge in [0.1, 0.15) is 5.75 Å². The smallest absolute Gasteiger partial charge is 0.193 e. The van der Waals surface area contributed by atoms with E-state index < -0.39 is 0 Å². The average Bonchev–Trinajstić information content (AvgIpc) is 3.21. The van der Waals surface area contributed by atoms with E-state index in [2.05, 4.69) is 65.5 Å². The van der Waals surface area contributed by atoms with Gasteiger partial charge in [-0.1, -0.05) is 32.0 Å². The summed E-state index contributed by atoms with van der Waals surface area (Å²) in [6.07, 6.45) is 2.27. The van der Waals surface area contributed by atoms with Gasteiger partial charge in [0.2, 0.25) is 0 Å². The summed E-state index contributed by atoms with van der Waals surface area (Å²) in [5.74, 6) is 2.47. The Kier molecular flexibility index (Phi) is 9.07. The van der Waals surface area contributed by atoms with E-state index in [9.17, 15) is 0 Å². The van der Waals surface area contributed by atoms with Crippen molar-refractivity contribution in [2.24, 2.45) is 16.6 Å². The predicted octanol–water partition coefficient (Wildman–Crippen LogP) is 5.08. The number of nitrogens with zero attached hydrogens (tertiary/aromatic N) is 2. The topological polar surface area (TPSA) is 62.9 Å². The summed E-state index contributed by atoms with van der Waals surface area (Å²) in [5.41, 5.74) is 9.64. The second-order valence-electron chi connectivity index (χ2n) is 7.58. The minimum Gasteiger partial charge on any atom is -0.497 e. The van der Waals surface area contributed by atoms with Crippen LogP contribution < -0.4 is 20.7 Å². The van der Waals surface area contributed by atoms with Crippen molar-refractivity contribution in [2.75, 3.05) is 37.0 Å². The lowest BCUT2D eigenvalue weighted by molar-refractivity contribution is 0.415. The van der Waals surface area contributed by atoms with E-state index in [0.29, 0.717) is 17.8 Å². The van der Waals surface area contributed by atoms with Crippen molar-refractivity contribution in [3.05, 3.63) is 54.1 Å². The van der Waals surface area contributed by atoms with Crippen molar-refractivity contribution in [3.63, 3.8) is 0 Å². The predicted molar refractivity (Wildman–Crippen MR) is 134 cm³/mol. The molecule has 0 amide bonds. The first-order valence-corrected chi connectivity index (χ1v) is 10.1. The van der Waals surface area contributed by atoms with Gasteiger partial charge in [-0.05, 0) is 54.5 Å². The molecular formula is C23H33IN4O. The average molecular weight is 508 g/mol. The number of ether oxygens (including phenoxy) is 1. The Hall–Kier alpha value is -1.96. The van der Waals surface area contributed by atoms with Crippen LogP contribution in [-0.2, 0) is 0 Å². The lowest BCUT2D eigenvalue weighted by Gasteiger charge is -2.19. The number of rotatable bonds is 7. The van der Waals surface area contributed by atoms with E-state index in [1.54, 1.807) is 7.11 Å². The minimum absolute atomic E-state index is 0. The second-order valence-corrected chi connectivity index (χ2v) is 7.58. The Labute approximate surface area is 191 Å². The van der Waals surface area contributed by atoms with Crippen LogP contribution in [0, 0.1) is 5.92 Å². The van der Waals surface area contributed by atoms with Gasteiger partial charge in [-0.3, -0.25) is 4.99 Å². The molecule has 1 aliphatic rings. The standard InChI is InChI=1S/C23H32N4O.HI/c1-4-17(2)19-8-10-20(11-9-19)26-23(24)25-15-18-12-13-27(16-18)21-6-5-7-22(14-21)28-3;/h5-11,14,17-18H,4,12-13,15-16H2,1-3H3,(H3,24,25,26);1H. The molecule has 158 valence electrons. The third-order valence-corrected chi connectivity index (χ3v) is 5.59. The summed E-state index contributed by atoms with van der Waals surface area (Å²) in [6, 6.07) is 16.7. The van der Waals surface area contributed by atoms with Crippen molar-refractivity contribution in [2.45, 2.75) is 32.6 Å². The quantitative estimate of drug-likeness (QED) is 0.311. The number of guanidine groups is 1. The van der Waals surface area contributed by atoms with Crippen LogP contribution in [0.2, 0.25) is 0 Å². The summed E-state index contributed by atoms with van der Waals surface area (Å²) in [6.45, 7) is 7.23. The highest BCUT2D eigenvalue weighted by molar-refractivity contribution is 14.0. The molecule has 2 aromatic carbocycles. The minimum atomic E-state index is 0. The zero-order valence-corrected chi connectivity index (χ0v) is 19.9. The van der Waals surface area contributed by atoms with E-state index >= 15 is 0 Å². The normalized spacial score (nSPS) is 17.6. The molecule has 3 N–H and O–H groups in total. The molecule has 0 aromatic heterocycles. The van der Waals surface area contributed by atoms with E-state index in [-0.39, 0.29) is 24.0 Å². The molecule has 0 spiro atoms. The van der Waals surface area contributed by atoms with Gasteiger partial charge in [0, 0.05) is 37.1 Å². The fourth-order valence-electron chi connectivity index (χ4n) is 3.57. The number of hydrogen-bond acceptors (Lipinski definition) is 3. The van der Waals surface area contributed by atoms with Gasteiger partial charge in [-0.15, -0.1) is 24.0 Å². The molecule has 5 nitrogen and oxygen atoms in total. The zero-order chi connectivity index (χ0) is 19.9. The van der Waals surface area contributed by atoms with Crippen molar-refractivity contribution in [1.29, 1.82) is 0 Å². The SMILES string of the molecule is CCC(C)c1ccc(NC(N)=NCC2CCN(c3cccc(OC)c3)C2)cc1.I. The first-order valence-electron chi connectivity index (χ1n) is 10.1. The molecule has 1 fully saturated rings. The highest BCUT2D eigenvalue weighted by atomic mass is 127. The molecule has 0 bridgehead atoms. The first kappa shape index (κ1) is 23.3. The number of halogens is 1. The maximum atomic E-state index is 6.10.